The minimum absolute atomic E-state index is 0.0123. The maximum atomic E-state index is 13.0. The lowest BCUT2D eigenvalue weighted by molar-refractivity contribution is -0.139. The largest absolute Gasteiger partial charge is 0.496 e. The summed E-state index contributed by atoms with van der Waals surface area (Å²) in [6.07, 6.45) is 2.56. The summed E-state index contributed by atoms with van der Waals surface area (Å²) in [5.74, 6) is 0.722. The van der Waals surface area contributed by atoms with Crippen LogP contribution in [0, 0.1) is 13.8 Å². The minimum Gasteiger partial charge on any atom is -0.496 e. The van der Waals surface area contributed by atoms with Crippen LogP contribution in [0.4, 0.5) is 5.95 Å². The average molecular weight is 563 g/mol. The summed E-state index contributed by atoms with van der Waals surface area (Å²) in [5.41, 5.74) is 4.15. The van der Waals surface area contributed by atoms with E-state index in [1.54, 1.807) is 25.1 Å². The van der Waals surface area contributed by atoms with Crippen molar-refractivity contribution in [1.29, 1.82) is 0 Å². The molecular formula is C28H30N6O5S. The van der Waals surface area contributed by atoms with Gasteiger partial charge < -0.3 is 14.4 Å². The van der Waals surface area contributed by atoms with Gasteiger partial charge in [0, 0.05) is 30.4 Å². The first-order valence-electron chi connectivity index (χ1n) is 12.7. The molecule has 1 aliphatic rings. The van der Waals surface area contributed by atoms with E-state index in [2.05, 4.69) is 19.8 Å². The van der Waals surface area contributed by atoms with E-state index in [-0.39, 0.29) is 35.2 Å². The molecule has 3 heterocycles. The van der Waals surface area contributed by atoms with Crippen LogP contribution in [-0.2, 0) is 28.3 Å². The first kappa shape index (κ1) is 27.1. The summed E-state index contributed by atoms with van der Waals surface area (Å²) >= 11 is 0. The van der Waals surface area contributed by atoms with Crippen LogP contribution in [0.1, 0.15) is 16.7 Å². The van der Waals surface area contributed by atoms with Crippen LogP contribution >= 0.6 is 0 Å². The van der Waals surface area contributed by atoms with Crippen molar-refractivity contribution in [1.82, 2.24) is 24.6 Å². The predicted octanol–water partition coefficient (Wildman–Crippen LogP) is 3.14. The second kappa shape index (κ2) is 11.0. The number of ether oxygens (including phenoxy) is 2. The Kier molecular flexibility index (Phi) is 7.44. The van der Waals surface area contributed by atoms with Gasteiger partial charge in [-0.1, -0.05) is 36.4 Å². The normalized spacial score (nSPS) is 13.6. The number of likely N-dealkylation sites (tertiary alicyclic amines) is 1. The molecule has 2 aromatic carbocycles. The monoisotopic (exact) mass is 562 g/mol. The molecule has 4 aromatic rings. The first-order chi connectivity index (χ1) is 19.1. The number of nitrogens with zero attached hydrogens (tertiary/aromatic N) is 5. The number of hydrogen-bond donors (Lipinski definition) is 1. The number of carbonyl (C=O) groups excluding carboxylic acids is 1. The summed E-state index contributed by atoms with van der Waals surface area (Å²) in [4.78, 5) is 23.4. The Bertz CT molecular complexity index is 1640. The molecule has 1 saturated heterocycles. The van der Waals surface area contributed by atoms with Crippen LogP contribution in [0.3, 0.4) is 0 Å². The molecule has 0 radical (unpaired) electrons. The van der Waals surface area contributed by atoms with Crippen molar-refractivity contribution >= 4 is 21.9 Å². The molecule has 208 valence electrons. The number of anilines is 1. The maximum absolute atomic E-state index is 13.0. The molecule has 2 aromatic heterocycles. The number of rotatable bonds is 9. The quantitative estimate of drug-likeness (QED) is 0.330. The number of aryl methyl sites for hydroxylation is 3. The Hall–Kier alpha value is -4.45. The fraction of sp³-hybridized carbons (Fsp3) is 0.286. The van der Waals surface area contributed by atoms with Crippen LogP contribution in [0.25, 0.3) is 11.3 Å². The van der Waals surface area contributed by atoms with E-state index in [1.165, 1.54) is 17.1 Å². The van der Waals surface area contributed by atoms with Crippen molar-refractivity contribution in [3.8, 4) is 22.9 Å². The Labute approximate surface area is 232 Å². The number of amides is 1. The van der Waals surface area contributed by atoms with Crippen molar-refractivity contribution in [2.75, 3.05) is 24.9 Å². The van der Waals surface area contributed by atoms with Crippen LogP contribution in [-0.4, -0.2) is 65.3 Å². The van der Waals surface area contributed by atoms with Gasteiger partial charge in [-0.15, -0.1) is 0 Å². The lowest BCUT2D eigenvalue weighted by Gasteiger charge is -2.38. The fourth-order valence-electron chi connectivity index (χ4n) is 4.61. The number of aromatic nitrogens is 4. The molecular weight excluding hydrogens is 532 g/mol. The second-order valence-electron chi connectivity index (χ2n) is 9.66. The minimum atomic E-state index is -3.98. The molecule has 11 nitrogen and oxygen atoms in total. The van der Waals surface area contributed by atoms with Gasteiger partial charge in [-0.3, -0.25) is 9.48 Å². The molecule has 12 heteroatoms. The molecule has 1 amide bonds. The summed E-state index contributed by atoms with van der Waals surface area (Å²) in [5, 5.41) is 3.94. The van der Waals surface area contributed by atoms with Crippen molar-refractivity contribution < 1.29 is 22.7 Å². The zero-order chi connectivity index (χ0) is 28.4. The molecule has 0 atom stereocenters. The zero-order valence-electron chi connectivity index (χ0n) is 22.7. The Balaban J connectivity index is 1.36. The molecule has 1 aliphatic heterocycles. The van der Waals surface area contributed by atoms with Crippen LogP contribution < -0.4 is 14.2 Å². The van der Waals surface area contributed by atoms with Gasteiger partial charge >= 0.3 is 0 Å². The highest BCUT2D eigenvalue weighted by Gasteiger charge is 2.33. The second-order valence-corrected chi connectivity index (χ2v) is 11.3. The number of hydrogen-bond acceptors (Lipinski definition) is 8. The van der Waals surface area contributed by atoms with Crippen molar-refractivity contribution in [2.45, 2.75) is 31.3 Å². The molecule has 40 heavy (non-hydrogen) atoms. The topological polar surface area (TPSA) is 129 Å². The molecule has 0 unspecified atom stereocenters. The van der Waals surface area contributed by atoms with Crippen molar-refractivity contribution in [3.05, 3.63) is 77.6 Å². The molecule has 0 saturated carbocycles. The predicted molar refractivity (Wildman–Crippen MR) is 149 cm³/mol. The van der Waals surface area contributed by atoms with Crippen LogP contribution in [0.2, 0.25) is 0 Å². The van der Waals surface area contributed by atoms with Gasteiger partial charge in [0.05, 0.1) is 38.5 Å². The highest BCUT2D eigenvalue weighted by atomic mass is 32.2. The number of carbonyl (C=O) groups is 1. The third kappa shape index (κ3) is 5.76. The van der Waals surface area contributed by atoms with Gasteiger partial charge in [0.2, 0.25) is 17.7 Å². The van der Waals surface area contributed by atoms with E-state index in [9.17, 15) is 13.2 Å². The summed E-state index contributed by atoms with van der Waals surface area (Å²) in [6.45, 7) is 4.68. The third-order valence-electron chi connectivity index (χ3n) is 6.68. The molecule has 0 bridgehead atoms. The van der Waals surface area contributed by atoms with Gasteiger partial charge in [-0.05, 0) is 31.0 Å². The van der Waals surface area contributed by atoms with Crippen molar-refractivity contribution in [2.24, 2.45) is 7.05 Å². The zero-order valence-corrected chi connectivity index (χ0v) is 23.5. The summed E-state index contributed by atoms with van der Waals surface area (Å²) < 4.78 is 41.3. The molecule has 1 N–H and O–H groups in total. The van der Waals surface area contributed by atoms with Crippen LogP contribution in [0.5, 0.6) is 11.6 Å². The van der Waals surface area contributed by atoms with Crippen LogP contribution in [0.15, 0.2) is 65.8 Å². The molecule has 5 rings (SSSR count). The lowest BCUT2D eigenvalue weighted by atomic mass is 10.00. The third-order valence-corrected chi connectivity index (χ3v) is 7.96. The van der Waals surface area contributed by atoms with Gasteiger partial charge in [0.15, 0.2) is 0 Å². The SMILES string of the molecule is COc1ccccc1CC(=O)N1CC(Oc2cc(-c3c(C)cccc3C)nc(NS(=O)(=O)c3cnn(C)c3)n2)C1. The van der Waals surface area contributed by atoms with E-state index in [0.29, 0.717) is 24.5 Å². The lowest BCUT2D eigenvalue weighted by Crippen LogP contribution is -2.56. The number of benzene rings is 2. The standard InChI is InChI=1S/C28H30N6O5S/c1-18-8-7-9-19(2)27(18)23-13-25(31-28(30-23)32-40(36,37)22-14-29-33(3)17-22)39-21-15-34(16-21)26(35)12-20-10-5-6-11-24(20)38-4/h5-11,13-14,17,21H,12,15-16H2,1-4H3,(H,30,31,32). The Morgan fingerprint density at radius 1 is 1.07 bits per heavy atom. The fourth-order valence-corrected chi connectivity index (χ4v) is 5.53. The first-order valence-corrected chi connectivity index (χ1v) is 14.1. The Morgan fingerprint density at radius 2 is 1.80 bits per heavy atom. The summed E-state index contributed by atoms with van der Waals surface area (Å²) in [6, 6.07) is 15.0. The average Bonchev–Trinajstić information content (AvgIpc) is 3.33. The summed E-state index contributed by atoms with van der Waals surface area (Å²) in [7, 11) is -0.770. The number of methoxy groups -OCH3 is 1. The highest BCUT2D eigenvalue weighted by Crippen LogP contribution is 2.30. The number of sulfonamides is 1. The van der Waals surface area contributed by atoms with Gasteiger partial charge in [-0.2, -0.15) is 10.1 Å². The van der Waals surface area contributed by atoms with Gasteiger partial charge in [-0.25, -0.2) is 18.1 Å². The van der Waals surface area contributed by atoms with E-state index in [4.69, 9.17) is 9.47 Å². The van der Waals surface area contributed by atoms with E-state index < -0.39 is 10.0 Å². The van der Waals surface area contributed by atoms with Crippen molar-refractivity contribution in [3.63, 3.8) is 0 Å². The smallest absolute Gasteiger partial charge is 0.267 e. The maximum Gasteiger partial charge on any atom is 0.267 e. The highest BCUT2D eigenvalue weighted by molar-refractivity contribution is 7.92. The van der Waals surface area contributed by atoms with E-state index in [1.807, 2.05) is 56.3 Å². The van der Waals surface area contributed by atoms with E-state index >= 15 is 0 Å². The van der Waals surface area contributed by atoms with Gasteiger partial charge in [0.25, 0.3) is 10.0 Å². The molecule has 0 aliphatic carbocycles. The number of para-hydroxylation sites is 1. The number of nitrogens with one attached hydrogen (secondary N) is 1. The van der Waals surface area contributed by atoms with Gasteiger partial charge in [0.1, 0.15) is 16.7 Å². The Morgan fingerprint density at radius 3 is 2.48 bits per heavy atom. The van der Waals surface area contributed by atoms with E-state index in [0.717, 1.165) is 22.3 Å². The molecule has 1 fully saturated rings. The molecule has 0 spiro atoms.